The summed E-state index contributed by atoms with van der Waals surface area (Å²) in [7, 11) is 0. The van der Waals surface area contributed by atoms with Gasteiger partial charge in [0.25, 0.3) is 0 Å². The van der Waals surface area contributed by atoms with Crippen LogP contribution in [0.3, 0.4) is 0 Å². The number of likely N-dealkylation sites (tertiary alicyclic amines) is 1. The normalized spacial score (nSPS) is 22.2. The van der Waals surface area contributed by atoms with E-state index in [-0.39, 0.29) is 0 Å². The lowest BCUT2D eigenvalue weighted by molar-refractivity contribution is 0.331. The molecule has 2 nitrogen and oxygen atoms in total. The van der Waals surface area contributed by atoms with E-state index < -0.39 is 0 Å². The molecule has 1 saturated heterocycles. The first-order chi connectivity index (χ1) is 9.81. The van der Waals surface area contributed by atoms with Gasteiger partial charge in [0.15, 0.2) is 0 Å². The van der Waals surface area contributed by atoms with Crippen molar-refractivity contribution in [1.82, 2.24) is 4.90 Å². The third-order valence-corrected chi connectivity index (χ3v) is 5.06. The Balaban J connectivity index is 1.52. The molecular formula is C18H28N2. The van der Waals surface area contributed by atoms with Crippen molar-refractivity contribution < 1.29 is 0 Å². The van der Waals surface area contributed by atoms with Crippen LogP contribution in [0.15, 0.2) is 24.3 Å². The fourth-order valence-corrected chi connectivity index (χ4v) is 3.74. The second kappa shape index (κ2) is 6.62. The first-order valence-electron chi connectivity index (χ1n) is 8.39. The molecule has 0 bridgehead atoms. The number of anilines is 1. The van der Waals surface area contributed by atoms with Gasteiger partial charge in [-0.1, -0.05) is 25.0 Å². The van der Waals surface area contributed by atoms with Gasteiger partial charge in [-0.25, -0.2) is 0 Å². The summed E-state index contributed by atoms with van der Waals surface area (Å²) >= 11 is 0. The van der Waals surface area contributed by atoms with Crippen molar-refractivity contribution in [3.63, 3.8) is 0 Å². The third-order valence-electron chi connectivity index (χ3n) is 5.06. The van der Waals surface area contributed by atoms with Gasteiger partial charge in [-0.3, -0.25) is 4.90 Å². The highest BCUT2D eigenvalue weighted by molar-refractivity contribution is 5.45. The summed E-state index contributed by atoms with van der Waals surface area (Å²) in [6.07, 6.45) is 8.40. The fourth-order valence-electron chi connectivity index (χ4n) is 3.74. The Kier molecular flexibility index (Phi) is 4.62. The van der Waals surface area contributed by atoms with E-state index in [0.717, 1.165) is 12.5 Å². The van der Waals surface area contributed by atoms with E-state index in [9.17, 15) is 0 Å². The van der Waals surface area contributed by atoms with Crippen LogP contribution in [0.5, 0.6) is 0 Å². The van der Waals surface area contributed by atoms with Gasteiger partial charge in [0.2, 0.25) is 0 Å². The first kappa shape index (κ1) is 13.9. The number of nitrogens with one attached hydrogen (secondary N) is 1. The number of hydrogen-bond donors (Lipinski definition) is 1. The molecule has 2 aliphatic rings. The van der Waals surface area contributed by atoms with Crippen molar-refractivity contribution in [3.05, 3.63) is 29.8 Å². The Morgan fingerprint density at radius 3 is 2.35 bits per heavy atom. The zero-order chi connectivity index (χ0) is 13.8. The maximum Gasteiger partial charge on any atom is 0.0342 e. The van der Waals surface area contributed by atoms with Gasteiger partial charge in [-0.2, -0.15) is 0 Å². The summed E-state index contributed by atoms with van der Waals surface area (Å²) in [6, 6.07) is 9.72. The van der Waals surface area contributed by atoms with Crippen molar-refractivity contribution in [2.75, 3.05) is 18.4 Å². The van der Waals surface area contributed by atoms with E-state index in [1.165, 1.54) is 62.9 Å². The van der Waals surface area contributed by atoms with E-state index in [1.54, 1.807) is 0 Å². The van der Waals surface area contributed by atoms with Gasteiger partial charge < -0.3 is 5.32 Å². The predicted molar refractivity (Wildman–Crippen MR) is 86.0 cm³/mol. The monoisotopic (exact) mass is 272 g/mol. The molecule has 1 atom stereocenters. The van der Waals surface area contributed by atoms with Crippen molar-refractivity contribution in [3.8, 4) is 0 Å². The standard InChI is InChI=1S/C18H28N2/c1-15(17-6-2-3-7-17)19-18-10-8-16(9-11-18)14-20-12-4-5-13-20/h8-11,15,17,19H,2-7,12-14H2,1H3. The topological polar surface area (TPSA) is 15.3 Å². The highest BCUT2D eigenvalue weighted by Gasteiger charge is 2.21. The molecule has 2 fully saturated rings. The Morgan fingerprint density at radius 1 is 1.05 bits per heavy atom. The molecule has 1 aliphatic carbocycles. The molecule has 1 aliphatic heterocycles. The summed E-state index contributed by atoms with van der Waals surface area (Å²) in [5.74, 6) is 0.874. The van der Waals surface area contributed by atoms with Crippen LogP contribution in [-0.4, -0.2) is 24.0 Å². The molecule has 1 aromatic rings. The van der Waals surface area contributed by atoms with E-state index in [4.69, 9.17) is 0 Å². The summed E-state index contributed by atoms with van der Waals surface area (Å²) in [5.41, 5.74) is 2.74. The second-order valence-corrected chi connectivity index (χ2v) is 6.66. The van der Waals surface area contributed by atoms with Gasteiger partial charge >= 0.3 is 0 Å². The molecule has 1 saturated carbocycles. The zero-order valence-electron chi connectivity index (χ0n) is 12.8. The molecule has 1 heterocycles. The highest BCUT2D eigenvalue weighted by atomic mass is 15.1. The molecule has 0 amide bonds. The highest BCUT2D eigenvalue weighted by Crippen LogP contribution is 2.29. The van der Waals surface area contributed by atoms with Gasteiger partial charge in [0.05, 0.1) is 0 Å². The average molecular weight is 272 g/mol. The maximum absolute atomic E-state index is 3.69. The van der Waals surface area contributed by atoms with Crippen LogP contribution in [0.4, 0.5) is 5.69 Å². The molecular weight excluding hydrogens is 244 g/mol. The summed E-state index contributed by atoms with van der Waals surface area (Å²) in [6.45, 7) is 6.02. The van der Waals surface area contributed by atoms with Crippen LogP contribution in [0.2, 0.25) is 0 Å². The van der Waals surface area contributed by atoms with Crippen molar-refractivity contribution in [1.29, 1.82) is 0 Å². The summed E-state index contributed by atoms with van der Waals surface area (Å²) in [5, 5.41) is 3.69. The van der Waals surface area contributed by atoms with Gasteiger partial charge in [0, 0.05) is 18.3 Å². The third kappa shape index (κ3) is 3.54. The zero-order valence-corrected chi connectivity index (χ0v) is 12.8. The van der Waals surface area contributed by atoms with E-state index in [0.29, 0.717) is 6.04 Å². The fraction of sp³-hybridized carbons (Fsp3) is 0.667. The van der Waals surface area contributed by atoms with Gasteiger partial charge in [-0.15, -0.1) is 0 Å². The number of benzene rings is 1. The lowest BCUT2D eigenvalue weighted by Gasteiger charge is -2.22. The maximum atomic E-state index is 3.69. The van der Waals surface area contributed by atoms with Crippen molar-refractivity contribution in [2.24, 2.45) is 5.92 Å². The van der Waals surface area contributed by atoms with Crippen LogP contribution in [0.1, 0.15) is 51.0 Å². The minimum absolute atomic E-state index is 0.613. The quantitative estimate of drug-likeness (QED) is 0.861. The molecule has 0 radical (unpaired) electrons. The van der Waals surface area contributed by atoms with Crippen LogP contribution in [0.25, 0.3) is 0 Å². The molecule has 20 heavy (non-hydrogen) atoms. The molecule has 110 valence electrons. The van der Waals surface area contributed by atoms with Gasteiger partial charge in [0.1, 0.15) is 0 Å². The summed E-state index contributed by atoms with van der Waals surface area (Å²) in [4.78, 5) is 2.56. The molecule has 3 rings (SSSR count). The van der Waals surface area contributed by atoms with Crippen LogP contribution >= 0.6 is 0 Å². The lowest BCUT2D eigenvalue weighted by atomic mass is 9.99. The molecule has 1 N–H and O–H groups in total. The number of nitrogens with zero attached hydrogens (tertiary/aromatic N) is 1. The van der Waals surface area contributed by atoms with E-state index >= 15 is 0 Å². The van der Waals surface area contributed by atoms with Crippen molar-refractivity contribution >= 4 is 5.69 Å². The smallest absolute Gasteiger partial charge is 0.0342 e. The Hall–Kier alpha value is -1.02. The molecule has 1 unspecified atom stereocenters. The second-order valence-electron chi connectivity index (χ2n) is 6.66. The summed E-state index contributed by atoms with van der Waals surface area (Å²) < 4.78 is 0. The minimum atomic E-state index is 0.613. The van der Waals surface area contributed by atoms with Gasteiger partial charge in [-0.05, 0) is 69.3 Å². The van der Waals surface area contributed by atoms with Crippen molar-refractivity contribution in [2.45, 2.75) is 58.0 Å². The molecule has 2 heteroatoms. The van der Waals surface area contributed by atoms with E-state index in [2.05, 4.69) is 41.4 Å². The van der Waals surface area contributed by atoms with Crippen LogP contribution in [-0.2, 0) is 6.54 Å². The van der Waals surface area contributed by atoms with Crippen LogP contribution < -0.4 is 5.32 Å². The average Bonchev–Trinajstić information content (AvgIpc) is 3.13. The van der Waals surface area contributed by atoms with E-state index in [1.807, 2.05) is 0 Å². The largest absolute Gasteiger partial charge is 0.382 e. The lowest BCUT2D eigenvalue weighted by Crippen LogP contribution is -2.23. The SMILES string of the molecule is CC(Nc1ccc(CN2CCCC2)cc1)C1CCCC1. The minimum Gasteiger partial charge on any atom is -0.382 e. The number of rotatable bonds is 5. The predicted octanol–water partition coefficient (Wildman–Crippen LogP) is 4.27. The number of hydrogen-bond acceptors (Lipinski definition) is 2. The molecule has 0 aromatic heterocycles. The first-order valence-corrected chi connectivity index (χ1v) is 8.39. The molecule has 0 spiro atoms. The molecule has 1 aromatic carbocycles. The Morgan fingerprint density at radius 2 is 1.70 bits per heavy atom. The Labute approximate surface area is 123 Å². The Bertz CT molecular complexity index is 400. The van der Waals surface area contributed by atoms with Crippen LogP contribution in [0, 0.1) is 5.92 Å².